The number of hydrogen-bond donors (Lipinski definition) is 2. The van der Waals surface area contributed by atoms with E-state index in [9.17, 15) is 19.1 Å². The van der Waals surface area contributed by atoms with Crippen LogP contribution in [0.4, 0.5) is 4.39 Å². The van der Waals surface area contributed by atoms with Gasteiger partial charge < -0.3 is 19.9 Å². The molecule has 0 saturated carbocycles. The minimum atomic E-state index is -1.07. The average molecular weight is 449 g/mol. The van der Waals surface area contributed by atoms with E-state index in [1.807, 2.05) is 48.5 Å². The standard InChI is InChI=1S/C26H24FNO5/c1-32-21-10-2-17(3-11-21)16-33-22-12-4-18(5-13-22)24-26(25(31)28-24,15-14-23(29)30)19-6-8-20(27)9-7-19/h2-13,24H,14-16H2,1H3,(H,28,31)(H,29,30)/t24-,26+/m0/s1. The molecule has 33 heavy (non-hydrogen) atoms. The van der Waals surface area contributed by atoms with Crippen molar-refractivity contribution in [3.05, 3.63) is 95.3 Å². The molecule has 2 atom stereocenters. The summed E-state index contributed by atoms with van der Waals surface area (Å²) < 4.78 is 24.5. The van der Waals surface area contributed by atoms with E-state index < -0.39 is 23.2 Å². The van der Waals surface area contributed by atoms with E-state index in [1.54, 1.807) is 19.2 Å². The van der Waals surface area contributed by atoms with E-state index in [-0.39, 0.29) is 18.7 Å². The van der Waals surface area contributed by atoms with Gasteiger partial charge in [0.15, 0.2) is 0 Å². The maximum absolute atomic E-state index is 13.5. The van der Waals surface area contributed by atoms with E-state index in [2.05, 4.69) is 5.32 Å². The average Bonchev–Trinajstić information content (AvgIpc) is 2.83. The number of carboxylic acid groups (broad SMARTS) is 1. The predicted molar refractivity (Wildman–Crippen MR) is 120 cm³/mol. The van der Waals surface area contributed by atoms with Crippen molar-refractivity contribution < 1.29 is 28.6 Å². The Kier molecular flexibility index (Phi) is 6.31. The van der Waals surface area contributed by atoms with Crippen molar-refractivity contribution in [1.82, 2.24) is 5.32 Å². The van der Waals surface area contributed by atoms with Crippen molar-refractivity contribution in [3.63, 3.8) is 0 Å². The van der Waals surface area contributed by atoms with Gasteiger partial charge in [0.05, 0.1) is 18.6 Å². The first-order valence-electron chi connectivity index (χ1n) is 10.6. The molecule has 1 saturated heterocycles. The number of carbonyl (C=O) groups excluding carboxylic acids is 1. The van der Waals surface area contributed by atoms with Crippen LogP contribution < -0.4 is 14.8 Å². The molecule has 0 radical (unpaired) electrons. The molecule has 2 N–H and O–H groups in total. The molecule has 3 aromatic carbocycles. The number of benzene rings is 3. The van der Waals surface area contributed by atoms with E-state index in [1.165, 1.54) is 12.1 Å². The van der Waals surface area contributed by atoms with E-state index in [0.717, 1.165) is 16.9 Å². The van der Waals surface area contributed by atoms with E-state index >= 15 is 0 Å². The minimum Gasteiger partial charge on any atom is -0.497 e. The van der Waals surface area contributed by atoms with Crippen LogP contribution in [-0.4, -0.2) is 24.1 Å². The number of methoxy groups -OCH3 is 1. The van der Waals surface area contributed by atoms with Crippen LogP contribution in [0.25, 0.3) is 0 Å². The van der Waals surface area contributed by atoms with Crippen LogP contribution in [0.3, 0.4) is 0 Å². The number of hydrogen-bond acceptors (Lipinski definition) is 4. The Labute approximate surface area is 191 Å². The zero-order chi connectivity index (χ0) is 23.4. The SMILES string of the molecule is COc1ccc(COc2ccc([C@@H]3NC(=O)[C@]3(CCC(=O)O)c3ccc(F)cc3)cc2)cc1. The van der Waals surface area contributed by atoms with Gasteiger partial charge >= 0.3 is 5.97 Å². The highest BCUT2D eigenvalue weighted by Crippen LogP contribution is 2.48. The molecular weight excluding hydrogens is 425 g/mol. The Bertz CT molecular complexity index is 1130. The first-order chi connectivity index (χ1) is 15.9. The number of halogens is 1. The number of carboxylic acids is 1. The molecule has 1 aliphatic rings. The van der Waals surface area contributed by atoms with Crippen LogP contribution in [0, 0.1) is 5.82 Å². The van der Waals surface area contributed by atoms with Crippen molar-refractivity contribution in [2.24, 2.45) is 0 Å². The Morgan fingerprint density at radius 3 is 2.21 bits per heavy atom. The van der Waals surface area contributed by atoms with E-state index in [0.29, 0.717) is 17.9 Å². The second-order valence-corrected chi connectivity index (χ2v) is 7.98. The third-order valence-electron chi connectivity index (χ3n) is 6.04. The second-order valence-electron chi connectivity index (χ2n) is 7.98. The van der Waals surface area contributed by atoms with Crippen molar-refractivity contribution in [3.8, 4) is 11.5 Å². The molecular formula is C26H24FNO5. The van der Waals surface area contributed by atoms with Crippen LogP contribution in [0.2, 0.25) is 0 Å². The van der Waals surface area contributed by atoms with Crippen LogP contribution in [0.5, 0.6) is 11.5 Å². The maximum Gasteiger partial charge on any atom is 0.303 e. The topological polar surface area (TPSA) is 84.9 Å². The van der Waals surface area contributed by atoms with Gasteiger partial charge in [-0.25, -0.2) is 4.39 Å². The van der Waals surface area contributed by atoms with Gasteiger partial charge in [-0.2, -0.15) is 0 Å². The van der Waals surface area contributed by atoms with Gasteiger partial charge in [-0.1, -0.05) is 36.4 Å². The molecule has 6 nitrogen and oxygen atoms in total. The first kappa shape index (κ1) is 22.3. The highest BCUT2D eigenvalue weighted by Gasteiger charge is 2.56. The molecule has 3 aromatic rings. The van der Waals surface area contributed by atoms with Crippen LogP contribution >= 0.6 is 0 Å². The summed E-state index contributed by atoms with van der Waals surface area (Å²) >= 11 is 0. The summed E-state index contributed by atoms with van der Waals surface area (Å²) in [4.78, 5) is 24.1. The molecule has 1 amide bonds. The number of nitrogens with one attached hydrogen (secondary N) is 1. The third-order valence-corrected chi connectivity index (χ3v) is 6.04. The normalized spacial score (nSPS) is 19.3. The fraction of sp³-hybridized carbons (Fsp3) is 0.231. The quantitative estimate of drug-likeness (QED) is 0.474. The maximum atomic E-state index is 13.5. The molecule has 1 aliphatic heterocycles. The number of ether oxygens (including phenoxy) is 2. The Hall–Kier alpha value is -3.87. The lowest BCUT2D eigenvalue weighted by molar-refractivity contribution is -0.142. The highest BCUT2D eigenvalue weighted by atomic mass is 19.1. The van der Waals surface area contributed by atoms with Crippen LogP contribution in [-0.2, 0) is 21.6 Å². The largest absolute Gasteiger partial charge is 0.497 e. The summed E-state index contributed by atoms with van der Waals surface area (Å²) in [5.41, 5.74) is 1.34. The number of β-lactam (4-membered cyclic amide) rings is 1. The second kappa shape index (κ2) is 9.32. The van der Waals surface area contributed by atoms with Crippen LogP contribution in [0.15, 0.2) is 72.8 Å². The summed E-state index contributed by atoms with van der Waals surface area (Å²) in [6.07, 6.45) is -0.0649. The number of carbonyl (C=O) groups is 2. The molecule has 1 fully saturated rings. The predicted octanol–water partition coefficient (Wildman–Crippen LogP) is 4.39. The van der Waals surface area contributed by atoms with Crippen molar-refractivity contribution >= 4 is 11.9 Å². The Balaban J connectivity index is 1.53. The lowest BCUT2D eigenvalue weighted by Gasteiger charge is -2.49. The number of amides is 1. The smallest absolute Gasteiger partial charge is 0.303 e. The zero-order valence-corrected chi connectivity index (χ0v) is 18.1. The molecule has 1 heterocycles. The van der Waals surface area contributed by atoms with Gasteiger partial charge in [-0.15, -0.1) is 0 Å². The van der Waals surface area contributed by atoms with Gasteiger partial charge in [0.1, 0.15) is 23.9 Å². The highest BCUT2D eigenvalue weighted by molar-refractivity contribution is 5.96. The minimum absolute atomic E-state index is 0.111. The van der Waals surface area contributed by atoms with Crippen molar-refractivity contribution in [2.75, 3.05) is 7.11 Å². The summed E-state index contributed by atoms with van der Waals surface area (Å²) in [6, 6.07) is 20.2. The van der Waals surface area contributed by atoms with Crippen molar-refractivity contribution in [1.29, 1.82) is 0 Å². The molecule has 0 aliphatic carbocycles. The van der Waals surface area contributed by atoms with Gasteiger partial charge in [-0.3, -0.25) is 9.59 Å². The fourth-order valence-corrected chi connectivity index (χ4v) is 4.20. The Morgan fingerprint density at radius 2 is 1.64 bits per heavy atom. The first-order valence-corrected chi connectivity index (χ1v) is 10.6. The molecule has 0 bridgehead atoms. The van der Waals surface area contributed by atoms with Crippen molar-refractivity contribution in [2.45, 2.75) is 30.9 Å². The molecule has 0 spiro atoms. The zero-order valence-electron chi connectivity index (χ0n) is 18.1. The number of rotatable bonds is 9. The summed E-state index contributed by atoms with van der Waals surface area (Å²) in [5.74, 6) is -0.226. The van der Waals surface area contributed by atoms with Crippen LogP contribution in [0.1, 0.15) is 35.6 Å². The lowest BCUT2D eigenvalue weighted by atomic mass is 9.63. The summed E-state index contributed by atoms with van der Waals surface area (Å²) in [7, 11) is 1.62. The molecule has 170 valence electrons. The summed E-state index contributed by atoms with van der Waals surface area (Å²) in [6.45, 7) is 0.391. The van der Waals surface area contributed by atoms with Gasteiger partial charge in [0.2, 0.25) is 5.91 Å². The lowest BCUT2D eigenvalue weighted by Crippen LogP contribution is -2.64. The molecule has 0 unspecified atom stereocenters. The fourth-order valence-electron chi connectivity index (χ4n) is 4.20. The molecule has 4 rings (SSSR count). The van der Waals surface area contributed by atoms with Gasteiger partial charge in [0, 0.05) is 6.42 Å². The van der Waals surface area contributed by atoms with E-state index in [4.69, 9.17) is 9.47 Å². The van der Waals surface area contributed by atoms with Gasteiger partial charge in [-0.05, 0) is 59.5 Å². The monoisotopic (exact) mass is 449 g/mol. The Morgan fingerprint density at radius 1 is 1.00 bits per heavy atom. The molecule has 0 aromatic heterocycles. The van der Waals surface area contributed by atoms with Gasteiger partial charge in [0.25, 0.3) is 0 Å². The number of aliphatic carboxylic acids is 1. The third kappa shape index (κ3) is 4.53. The summed E-state index contributed by atoms with van der Waals surface area (Å²) in [5, 5.41) is 12.1. The molecule has 7 heteroatoms.